The van der Waals surface area contributed by atoms with Gasteiger partial charge in [0.25, 0.3) is 0 Å². The van der Waals surface area contributed by atoms with Crippen molar-refractivity contribution in [2.45, 2.75) is 60.0 Å². The number of ether oxygens (including phenoxy) is 3. The quantitative estimate of drug-likeness (QED) is 0.295. The SMILES string of the molecule is CCC/C=C(/C(=O)OCC)C(C(=O)OCC)C(=O)OC(C)(C)C. The summed E-state index contributed by atoms with van der Waals surface area (Å²) in [5.41, 5.74) is -0.812. The molecule has 0 spiro atoms. The Labute approximate surface area is 138 Å². The van der Waals surface area contributed by atoms with Crippen molar-refractivity contribution >= 4 is 17.9 Å². The standard InChI is InChI=1S/C17H28O6/c1-7-10-11-12(14(18)21-8-2)13(15(19)22-9-3)16(20)23-17(4,5)6/h11,13H,7-10H2,1-6H3/b12-11+. The second-order valence-corrected chi connectivity index (χ2v) is 5.89. The van der Waals surface area contributed by atoms with E-state index in [2.05, 4.69) is 0 Å². The van der Waals surface area contributed by atoms with Crippen molar-refractivity contribution < 1.29 is 28.6 Å². The summed E-state index contributed by atoms with van der Waals surface area (Å²) in [6.45, 7) is 10.5. The first kappa shape index (κ1) is 21.1. The van der Waals surface area contributed by atoms with Crippen LogP contribution in [0.15, 0.2) is 11.6 Å². The zero-order chi connectivity index (χ0) is 18.0. The molecule has 0 aromatic heterocycles. The second-order valence-electron chi connectivity index (χ2n) is 5.89. The summed E-state index contributed by atoms with van der Waals surface area (Å²) in [6, 6.07) is 0. The lowest BCUT2D eigenvalue weighted by Gasteiger charge is -2.24. The highest BCUT2D eigenvalue weighted by atomic mass is 16.6. The molecule has 0 aliphatic rings. The summed E-state index contributed by atoms with van der Waals surface area (Å²) >= 11 is 0. The Morgan fingerprint density at radius 1 is 0.957 bits per heavy atom. The van der Waals surface area contributed by atoms with Gasteiger partial charge in [-0.25, -0.2) is 4.79 Å². The molecule has 0 aliphatic carbocycles. The number of allylic oxidation sites excluding steroid dienone is 1. The molecular formula is C17H28O6. The van der Waals surface area contributed by atoms with Crippen LogP contribution in [0.1, 0.15) is 54.4 Å². The summed E-state index contributed by atoms with van der Waals surface area (Å²) < 4.78 is 15.2. The zero-order valence-electron chi connectivity index (χ0n) is 14.9. The molecule has 0 bridgehead atoms. The van der Waals surface area contributed by atoms with Gasteiger partial charge >= 0.3 is 17.9 Å². The van der Waals surface area contributed by atoms with Crippen LogP contribution in [-0.4, -0.2) is 36.7 Å². The highest BCUT2D eigenvalue weighted by Crippen LogP contribution is 2.21. The molecule has 0 aliphatic heterocycles. The van der Waals surface area contributed by atoms with Crippen LogP contribution in [0.25, 0.3) is 0 Å². The first-order valence-electron chi connectivity index (χ1n) is 7.94. The first-order valence-corrected chi connectivity index (χ1v) is 7.94. The summed E-state index contributed by atoms with van der Waals surface area (Å²) in [5, 5.41) is 0. The van der Waals surface area contributed by atoms with E-state index in [1.807, 2.05) is 6.92 Å². The van der Waals surface area contributed by atoms with Crippen molar-refractivity contribution in [3.63, 3.8) is 0 Å². The molecule has 0 saturated carbocycles. The lowest BCUT2D eigenvalue weighted by Crippen LogP contribution is -2.37. The number of rotatable bonds is 8. The van der Waals surface area contributed by atoms with E-state index in [0.29, 0.717) is 6.42 Å². The van der Waals surface area contributed by atoms with Crippen LogP contribution in [0, 0.1) is 5.92 Å². The van der Waals surface area contributed by atoms with Gasteiger partial charge < -0.3 is 14.2 Å². The number of esters is 3. The molecule has 0 saturated heterocycles. The van der Waals surface area contributed by atoms with Gasteiger partial charge in [-0.15, -0.1) is 0 Å². The normalized spacial score (nSPS) is 13.2. The van der Waals surface area contributed by atoms with E-state index < -0.39 is 29.4 Å². The molecular weight excluding hydrogens is 300 g/mol. The highest BCUT2D eigenvalue weighted by molar-refractivity contribution is 6.07. The second kappa shape index (κ2) is 10.0. The van der Waals surface area contributed by atoms with E-state index in [-0.39, 0.29) is 18.8 Å². The Bertz CT molecular complexity index is 444. The first-order chi connectivity index (χ1) is 10.7. The van der Waals surface area contributed by atoms with Crippen molar-refractivity contribution in [2.24, 2.45) is 5.92 Å². The van der Waals surface area contributed by atoms with Gasteiger partial charge in [0.2, 0.25) is 0 Å². The van der Waals surface area contributed by atoms with E-state index in [4.69, 9.17) is 14.2 Å². The Kier molecular flexibility index (Phi) is 9.22. The predicted octanol–water partition coefficient (Wildman–Crippen LogP) is 2.80. The van der Waals surface area contributed by atoms with Crippen LogP contribution >= 0.6 is 0 Å². The Hall–Kier alpha value is -1.85. The fraction of sp³-hybridized carbons (Fsp3) is 0.706. The monoisotopic (exact) mass is 328 g/mol. The molecule has 0 fully saturated rings. The van der Waals surface area contributed by atoms with Crippen molar-refractivity contribution in [1.82, 2.24) is 0 Å². The van der Waals surface area contributed by atoms with E-state index in [9.17, 15) is 14.4 Å². The lowest BCUT2D eigenvalue weighted by molar-refractivity contribution is -0.168. The van der Waals surface area contributed by atoms with Gasteiger partial charge in [0.15, 0.2) is 5.92 Å². The molecule has 23 heavy (non-hydrogen) atoms. The molecule has 0 aromatic rings. The van der Waals surface area contributed by atoms with E-state index >= 15 is 0 Å². The minimum absolute atomic E-state index is 0.0265. The fourth-order valence-electron chi connectivity index (χ4n) is 1.77. The fourth-order valence-corrected chi connectivity index (χ4v) is 1.77. The Balaban J connectivity index is 5.68. The minimum Gasteiger partial charge on any atom is -0.465 e. The van der Waals surface area contributed by atoms with Crippen molar-refractivity contribution in [1.29, 1.82) is 0 Å². The maximum atomic E-state index is 12.4. The van der Waals surface area contributed by atoms with Crippen LogP contribution in [-0.2, 0) is 28.6 Å². The van der Waals surface area contributed by atoms with Gasteiger partial charge in [0, 0.05) is 0 Å². The van der Waals surface area contributed by atoms with Crippen LogP contribution < -0.4 is 0 Å². The van der Waals surface area contributed by atoms with Crippen molar-refractivity contribution in [3.8, 4) is 0 Å². The smallest absolute Gasteiger partial charge is 0.335 e. The Morgan fingerprint density at radius 2 is 1.52 bits per heavy atom. The topological polar surface area (TPSA) is 78.9 Å². The third kappa shape index (κ3) is 7.81. The van der Waals surface area contributed by atoms with Gasteiger partial charge in [0.05, 0.1) is 18.8 Å². The van der Waals surface area contributed by atoms with E-state index in [1.54, 1.807) is 40.7 Å². The van der Waals surface area contributed by atoms with E-state index in [1.165, 1.54) is 0 Å². The maximum absolute atomic E-state index is 12.4. The van der Waals surface area contributed by atoms with Crippen LogP contribution in [0.5, 0.6) is 0 Å². The molecule has 6 heteroatoms. The molecule has 0 rings (SSSR count). The molecule has 1 atom stereocenters. The van der Waals surface area contributed by atoms with Gasteiger partial charge in [0.1, 0.15) is 5.60 Å². The number of unbranched alkanes of at least 4 members (excludes halogenated alkanes) is 1. The number of carbonyl (C=O) groups excluding carboxylic acids is 3. The molecule has 1 unspecified atom stereocenters. The molecule has 6 nitrogen and oxygen atoms in total. The molecule has 0 amide bonds. The average molecular weight is 328 g/mol. The van der Waals surface area contributed by atoms with E-state index in [0.717, 1.165) is 6.42 Å². The van der Waals surface area contributed by atoms with Crippen molar-refractivity contribution in [3.05, 3.63) is 11.6 Å². The minimum atomic E-state index is -1.43. The number of carbonyl (C=O) groups is 3. The molecule has 0 N–H and O–H groups in total. The molecule has 0 radical (unpaired) electrons. The number of hydrogen-bond donors (Lipinski definition) is 0. The summed E-state index contributed by atoms with van der Waals surface area (Å²) in [5.74, 6) is -3.76. The molecule has 0 aromatic carbocycles. The molecule has 132 valence electrons. The van der Waals surface area contributed by atoms with Gasteiger partial charge in [-0.2, -0.15) is 0 Å². The third-order valence-corrected chi connectivity index (χ3v) is 2.64. The van der Waals surface area contributed by atoms with Crippen LogP contribution in [0.4, 0.5) is 0 Å². The average Bonchev–Trinajstić information content (AvgIpc) is 2.41. The van der Waals surface area contributed by atoms with Gasteiger partial charge in [-0.1, -0.05) is 19.4 Å². The summed E-state index contributed by atoms with van der Waals surface area (Å²) in [7, 11) is 0. The van der Waals surface area contributed by atoms with Gasteiger partial charge in [-0.05, 0) is 41.0 Å². The van der Waals surface area contributed by atoms with Gasteiger partial charge in [-0.3, -0.25) is 9.59 Å². The van der Waals surface area contributed by atoms with Crippen LogP contribution in [0.2, 0.25) is 0 Å². The largest absolute Gasteiger partial charge is 0.465 e. The number of hydrogen-bond acceptors (Lipinski definition) is 6. The highest BCUT2D eigenvalue weighted by Gasteiger charge is 2.39. The summed E-state index contributed by atoms with van der Waals surface area (Å²) in [6.07, 6.45) is 2.84. The molecule has 0 heterocycles. The Morgan fingerprint density at radius 3 is 1.96 bits per heavy atom. The summed E-state index contributed by atoms with van der Waals surface area (Å²) in [4.78, 5) is 36.8. The lowest BCUT2D eigenvalue weighted by atomic mass is 9.97. The third-order valence-electron chi connectivity index (χ3n) is 2.64. The van der Waals surface area contributed by atoms with Crippen LogP contribution in [0.3, 0.4) is 0 Å². The van der Waals surface area contributed by atoms with Crippen molar-refractivity contribution in [2.75, 3.05) is 13.2 Å². The zero-order valence-corrected chi connectivity index (χ0v) is 14.9. The predicted molar refractivity (Wildman–Crippen MR) is 85.6 cm³/mol. The maximum Gasteiger partial charge on any atom is 0.335 e.